The fourth-order valence-corrected chi connectivity index (χ4v) is 3.52. The van der Waals surface area contributed by atoms with E-state index in [0.717, 1.165) is 17.8 Å². The van der Waals surface area contributed by atoms with Crippen LogP contribution in [0.25, 0.3) is 0 Å². The van der Waals surface area contributed by atoms with Crippen LogP contribution < -0.4 is 0 Å². The first kappa shape index (κ1) is 22.7. The monoisotopic (exact) mass is 322 g/mol. The number of hydrogen-bond acceptors (Lipinski definition) is 0. The Morgan fingerprint density at radius 1 is 0.696 bits per heavy atom. The molecule has 0 aromatic rings. The molecule has 0 aromatic heterocycles. The summed E-state index contributed by atoms with van der Waals surface area (Å²) in [7, 11) is 0. The maximum Gasteiger partial charge on any atom is -0.0231 e. The molecular formula is C23H46. The van der Waals surface area contributed by atoms with Crippen molar-refractivity contribution < 1.29 is 0 Å². The van der Waals surface area contributed by atoms with E-state index in [1.807, 2.05) is 0 Å². The molecule has 0 heterocycles. The van der Waals surface area contributed by atoms with Gasteiger partial charge in [-0.1, -0.05) is 104 Å². The van der Waals surface area contributed by atoms with E-state index < -0.39 is 0 Å². The van der Waals surface area contributed by atoms with E-state index in [0.29, 0.717) is 0 Å². The Morgan fingerprint density at radius 3 is 2.00 bits per heavy atom. The Kier molecular flexibility index (Phi) is 15.1. The van der Waals surface area contributed by atoms with Gasteiger partial charge in [-0.05, 0) is 43.9 Å². The molecule has 23 heavy (non-hydrogen) atoms. The molecule has 0 aliphatic heterocycles. The van der Waals surface area contributed by atoms with E-state index in [-0.39, 0.29) is 0 Å². The topological polar surface area (TPSA) is 0 Å². The van der Waals surface area contributed by atoms with E-state index >= 15 is 0 Å². The lowest BCUT2D eigenvalue weighted by atomic mass is 9.87. The van der Waals surface area contributed by atoms with E-state index in [1.165, 1.54) is 77.0 Å². The van der Waals surface area contributed by atoms with E-state index in [1.54, 1.807) is 5.57 Å². The number of allylic oxidation sites excluding steroid dienone is 2. The average Bonchev–Trinajstić information content (AvgIpc) is 2.54. The van der Waals surface area contributed by atoms with Gasteiger partial charge in [-0.15, -0.1) is 0 Å². The first-order chi connectivity index (χ1) is 11.0. The molecule has 0 aliphatic carbocycles. The Morgan fingerprint density at radius 2 is 1.39 bits per heavy atom. The summed E-state index contributed by atoms with van der Waals surface area (Å²) in [6.07, 6.45) is 19.3. The second-order valence-electron chi connectivity index (χ2n) is 8.03. The van der Waals surface area contributed by atoms with Crippen LogP contribution in [0, 0.1) is 17.8 Å². The number of unbranched alkanes of at least 4 members (excludes halogenated alkanes) is 4. The van der Waals surface area contributed by atoms with Gasteiger partial charge in [0.05, 0.1) is 0 Å². The van der Waals surface area contributed by atoms with Gasteiger partial charge in [0.25, 0.3) is 0 Å². The molecule has 0 amide bonds. The minimum Gasteiger partial charge on any atom is -0.0822 e. The summed E-state index contributed by atoms with van der Waals surface area (Å²) in [6.45, 7) is 14.2. The van der Waals surface area contributed by atoms with E-state index in [2.05, 4.69) is 47.6 Å². The van der Waals surface area contributed by atoms with Crippen LogP contribution in [-0.4, -0.2) is 0 Å². The lowest BCUT2D eigenvalue weighted by Crippen LogP contribution is -2.05. The van der Waals surface area contributed by atoms with Crippen molar-refractivity contribution in [2.75, 3.05) is 0 Å². The Balaban J connectivity index is 4.23. The fraction of sp³-hybridized carbons (Fsp3) is 0.913. The minimum absolute atomic E-state index is 0.778. The highest BCUT2D eigenvalue weighted by molar-refractivity contribution is 5.04. The van der Waals surface area contributed by atoms with Crippen LogP contribution in [0.5, 0.6) is 0 Å². The quantitative estimate of drug-likeness (QED) is 0.209. The van der Waals surface area contributed by atoms with Gasteiger partial charge in [0.2, 0.25) is 0 Å². The summed E-state index contributed by atoms with van der Waals surface area (Å²) in [5, 5.41) is 0. The Bertz CT molecular complexity index is 276. The van der Waals surface area contributed by atoms with E-state index in [9.17, 15) is 0 Å². The molecule has 0 rings (SSSR count). The maximum atomic E-state index is 2.63. The first-order valence-electron chi connectivity index (χ1n) is 10.7. The van der Waals surface area contributed by atoms with Crippen molar-refractivity contribution in [3.63, 3.8) is 0 Å². The van der Waals surface area contributed by atoms with Crippen LogP contribution in [0.4, 0.5) is 0 Å². The van der Waals surface area contributed by atoms with Crippen LogP contribution in [-0.2, 0) is 0 Å². The SMILES string of the molecule is CCCCCCC(C)CCC(C=C(C)C(C)CCCC)CCC. The highest BCUT2D eigenvalue weighted by Gasteiger charge is 2.11. The van der Waals surface area contributed by atoms with Crippen molar-refractivity contribution in [2.45, 2.75) is 119 Å². The van der Waals surface area contributed by atoms with E-state index in [4.69, 9.17) is 0 Å². The second-order valence-corrected chi connectivity index (χ2v) is 8.03. The molecule has 3 unspecified atom stereocenters. The van der Waals surface area contributed by atoms with Crippen LogP contribution in [0.15, 0.2) is 11.6 Å². The highest BCUT2D eigenvalue weighted by atomic mass is 14.2. The van der Waals surface area contributed by atoms with Gasteiger partial charge in [0, 0.05) is 0 Å². The van der Waals surface area contributed by atoms with Crippen LogP contribution >= 0.6 is 0 Å². The molecule has 0 N–H and O–H groups in total. The lowest BCUT2D eigenvalue weighted by Gasteiger charge is -2.19. The largest absolute Gasteiger partial charge is 0.0822 e. The molecule has 0 aromatic carbocycles. The average molecular weight is 323 g/mol. The summed E-state index contributed by atoms with van der Waals surface area (Å²) in [4.78, 5) is 0. The standard InChI is InChI=1S/C23H46/c1-7-10-12-13-15-20(4)17-18-23(14-9-3)19-22(6)21(5)16-11-8-2/h19-21,23H,7-18H2,1-6H3. The summed E-state index contributed by atoms with van der Waals surface area (Å²) in [5.74, 6) is 2.51. The zero-order valence-electron chi connectivity index (χ0n) is 17.3. The van der Waals surface area contributed by atoms with Gasteiger partial charge in [-0.2, -0.15) is 0 Å². The molecule has 0 nitrogen and oxygen atoms in total. The lowest BCUT2D eigenvalue weighted by molar-refractivity contribution is 0.402. The Hall–Kier alpha value is -0.260. The van der Waals surface area contributed by atoms with Gasteiger partial charge in [-0.3, -0.25) is 0 Å². The van der Waals surface area contributed by atoms with Gasteiger partial charge in [0.1, 0.15) is 0 Å². The summed E-state index contributed by atoms with van der Waals surface area (Å²) in [5.41, 5.74) is 1.65. The molecule has 0 fully saturated rings. The molecule has 0 radical (unpaired) electrons. The van der Waals surface area contributed by atoms with Gasteiger partial charge < -0.3 is 0 Å². The number of hydrogen-bond donors (Lipinski definition) is 0. The molecule has 0 bridgehead atoms. The molecule has 3 atom stereocenters. The summed E-state index contributed by atoms with van der Waals surface area (Å²) >= 11 is 0. The van der Waals surface area contributed by atoms with Gasteiger partial charge in [0.15, 0.2) is 0 Å². The smallest absolute Gasteiger partial charge is 0.0231 e. The third-order valence-corrected chi connectivity index (χ3v) is 5.51. The molecule has 0 spiro atoms. The van der Waals surface area contributed by atoms with Crippen molar-refractivity contribution >= 4 is 0 Å². The molecular weight excluding hydrogens is 276 g/mol. The van der Waals surface area contributed by atoms with Crippen LogP contribution in [0.2, 0.25) is 0 Å². The molecule has 0 saturated carbocycles. The Labute approximate surface area is 148 Å². The predicted octanol–water partition coefficient (Wildman–Crippen LogP) is 8.56. The molecule has 138 valence electrons. The van der Waals surface area contributed by atoms with Gasteiger partial charge >= 0.3 is 0 Å². The van der Waals surface area contributed by atoms with Crippen LogP contribution in [0.3, 0.4) is 0 Å². The first-order valence-corrected chi connectivity index (χ1v) is 10.7. The van der Waals surface area contributed by atoms with Crippen molar-refractivity contribution in [2.24, 2.45) is 17.8 Å². The predicted molar refractivity (Wildman–Crippen MR) is 108 cm³/mol. The zero-order chi connectivity index (χ0) is 17.5. The maximum absolute atomic E-state index is 2.63. The fourth-order valence-electron chi connectivity index (χ4n) is 3.52. The minimum atomic E-state index is 0.778. The summed E-state index contributed by atoms with van der Waals surface area (Å²) < 4.78 is 0. The number of rotatable bonds is 15. The van der Waals surface area contributed by atoms with Crippen molar-refractivity contribution in [3.8, 4) is 0 Å². The normalized spacial score (nSPS) is 16.3. The van der Waals surface area contributed by atoms with Crippen LogP contribution in [0.1, 0.15) is 119 Å². The molecule has 0 aliphatic rings. The second kappa shape index (κ2) is 15.3. The summed E-state index contributed by atoms with van der Waals surface area (Å²) in [6, 6.07) is 0. The third-order valence-electron chi connectivity index (χ3n) is 5.51. The van der Waals surface area contributed by atoms with Crippen molar-refractivity contribution in [1.29, 1.82) is 0 Å². The molecule has 0 heteroatoms. The van der Waals surface area contributed by atoms with Crippen molar-refractivity contribution in [1.82, 2.24) is 0 Å². The molecule has 0 saturated heterocycles. The van der Waals surface area contributed by atoms with Crippen molar-refractivity contribution in [3.05, 3.63) is 11.6 Å². The third kappa shape index (κ3) is 12.8. The van der Waals surface area contributed by atoms with Gasteiger partial charge in [-0.25, -0.2) is 0 Å². The zero-order valence-corrected chi connectivity index (χ0v) is 17.3. The highest BCUT2D eigenvalue weighted by Crippen LogP contribution is 2.26.